The van der Waals surface area contributed by atoms with E-state index < -0.39 is 5.97 Å². The Kier molecular flexibility index (Phi) is 3.34. The first kappa shape index (κ1) is 12.6. The third-order valence-electron chi connectivity index (χ3n) is 2.62. The first-order valence-electron chi connectivity index (χ1n) is 5.83. The predicted octanol–water partition coefficient (Wildman–Crippen LogP) is 2.11. The Bertz CT molecular complexity index is 739. The standard InChI is InChI=1S/C13H10N4O2S/c18-12(19)11-6-10(2-4-14-11)20-8-9-7-17-5-1-3-15-13(17)16-9/h1-7H,8H2,(H,18,19). The molecule has 3 aromatic heterocycles. The Morgan fingerprint density at radius 1 is 1.35 bits per heavy atom. The number of imidazole rings is 1. The van der Waals surface area contributed by atoms with Gasteiger partial charge in [0.1, 0.15) is 5.69 Å². The van der Waals surface area contributed by atoms with Crippen molar-refractivity contribution in [2.24, 2.45) is 0 Å². The molecule has 20 heavy (non-hydrogen) atoms. The summed E-state index contributed by atoms with van der Waals surface area (Å²) >= 11 is 1.51. The number of aromatic nitrogens is 4. The van der Waals surface area contributed by atoms with Gasteiger partial charge in [-0.3, -0.25) is 4.40 Å². The number of rotatable bonds is 4. The zero-order chi connectivity index (χ0) is 13.9. The van der Waals surface area contributed by atoms with E-state index in [9.17, 15) is 4.79 Å². The Morgan fingerprint density at radius 3 is 3.05 bits per heavy atom. The Balaban J connectivity index is 1.75. The summed E-state index contributed by atoms with van der Waals surface area (Å²) in [4.78, 5) is 24.0. The highest BCUT2D eigenvalue weighted by Crippen LogP contribution is 2.22. The molecular formula is C13H10N4O2S. The third kappa shape index (κ3) is 2.62. The minimum absolute atomic E-state index is 0.0478. The van der Waals surface area contributed by atoms with Crippen molar-refractivity contribution in [2.75, 3.05) is 0 Å². The molecule has 0 fully saturated rings. The van der Waals surface area contributed by atoms with Crippen molar-refractivity contribution in [2.45, 2.75) is 10.6 Å². The van der Waals surface area contributed by atoms with Crippen LogP contribution in [0.15, 0.2) is 47.9 Å². The van der Waals surface area contributed by atoms with Crippen LogP contribution in [-0.4, -0.2) is 30.4 Å². The second-order valence-corrected chi connectivity index (χ2v) is 5.08. The number of fused-ring (bicyclic) bond motifs is 1. The molecule has 0 saturated carbocycles. The van der Waals surface area contributed by atoms with Crippen LogP contribution in [-0.2, 0) is 5.75 Å². The van der Waals surface area contributed by atoms with Crippen LogP contribution in [0.25, 0.3) is 5.78 Å². The molecule has 3 heterocycles. The van der Waals surface area contributed by atoms with Crippen molar-refractivity contribution in [3.05, 3.63) is 54.4 Å². The lowest BCUT2D eigenvalue weighted by molar-refractivity contribution is 0.0690. The van der Waals surface area contributed by atoms with Crippen molar-refractivity contribution < 1.29 is 9.90 Å². The molecule has 1 N–H and O–H groups in total. The molecule has 6 nitrogen and oxygen atoms in total. The summed E-state index contributed by atoms with van der Waals surface area (Å²) < 4.78 is 1.85. The molecule has 0 spiro atoms. The first-order valence-corrected chi connectivity index (χ1v) is 6.82. The van der Waals surface area contributed by atoms with Gasteiger partial charge in [0.05, 0.1) is 5.69 Å². The fourth-order valence-corrected chi connectivity index (χ4v) is 2.53. The average molecular weight is 286 g/mol. The van der Waals surface area contributed by atoms with E-state index in [2.05, 4.69) is 15.0 Å². The highest BCUT2D eigenvalue weighted by molar-refractivity contribution is 7.98. The van der Waals surface area contributed by atoms with Crippen LogP contribution in [0.2, 0.25) is 0 Å². The van der Waals surface area contributed by atoms with Crippen molar-refractivity contribution in [1.29, 1.82) is 0 Å². The van der Waals surface area contributed by atoms with Crippen LogP contribution < -0.4 is 0 Å². The summed E-state index contributed by atoms with van der Waals surface area (Å²) in [6, 6.07) is 5.18. The molecule has 0 aliphatic carbocycles. The number of aromatic carboxylic acids is 1. The van der Waals surface area contributed by atoms with Gasteiger partial charge >= 0.3 is 5.97 Å². The molecule has 0 aliphatic heterocycles. The zero-order valence-corrected chi connectivity index (χ0v) is 11.1. The maximum absolute atomic E-state index is 10.8. The molecule has 0 radical (unpaired) electrons. The van der Waals surface area contributed by atoms with Gasteiger partial charge in [-0.15, -0.1) is 11.8 Å². The highest BCUT2D eigenvalue weighted by Gasteiger charge is 2.07. The molecule has 3 rings (SSSR count). The number of carboxylic acid groups (broad SMARTS) is 1. The van der Waals surface area contributed by atoms with E-state index in [0.717, 1.165) is 10.6 Å². The molecule has 0 aliphatic rings. The fraction of sp³-hybridized carbons (Fsp3) is 0.0769. The molecule has 3 aromatic rings. The van der Waals surface area contributed by atoms with E-state index in [1.165, 1.54) is 18.0 Å². The lowest BCUT2D eigenvalue weighted by atomic mass is 10.3. The maximum Gasteiger partial charge on any atom is 0.354 e. The number of carboxylic acids is 1. The van der Waals surface area contributed by atoms with Gasteiger partial charge in [0, 0.05) is 35.4 Å². The SMILES string of the molecule is O=C(O)c1cc(SCc2cn3cccnc3n2)ccn1. The van der Waals surface area contributed by atoms with Crippen LogP contribution in [0.3, 0.4) is 0 Å². The summed E-state index contributed by atoms with van der Waals surface area (Å²) in [5.41, 5.74) is 0.939. The van der Waals surface area contributed by atoms with Gasteiger partial charge in [0.2, 0.25) is 5.78 Å². The number of thioether (sulfide) groups is 1. The molecule has 0 bridgehead atoms. The quantitative estimate of drug-likeness (QED) is 0.740. The van der Waals surface area contributed by atoms with Crippen molar-refractivity contribution in [1.82, 2.24) is 19.4 Å². The second-order valence-electron chi connectivity index (χ2n) is 4.03. The van der Waals surface area contributed by atoms with Gasteiger partial charge in [-0.25, -0.2) is 19.7 Å². The summed E-state index contributed by atoms with van der Waals surface area (Å²) in [6.07, 6.45) is 6.99. The van der Waals surface area contributed by atoms with Crippen LogP contribution >= 0.6 is 11.8 Å². The van der Waals surface area contributed by atoms with Crippen molar-refractivity contribution in [3.8, 4) is 0 Å². The number of hydrogen-bond acceptors (Lipinski definition) is 5. The molecule has 100 valence electrons. The lowest BCUT2D eigenvalue weighted by Gasteiger charge is -2.00. The Labute approximate surface area is 118 Å². The number of carbonyl (C=O) groups is 1. The minimum Gasteiger partial charge on any atom is -0.477 e. The summed E-state index contributed by atoms with van der Waals surface area (Å²) in [6.45, 7) is 0. The summed E-state index contributed by atoms with van der Waals surface area (Å²) in [7, 11) is 0. The predicted molar refractivity (Wildman–Crippen MR) is 73.7 cm³/mol. The van der Waals surface area contributed by atoms with E-state index >= 15 is 0 Å². The monoisotopic (exact) mass is 286 g/mol. The summed E-state index contributed by atoms with van der Waals surface area (Å²) in [5.74, 6) is 0.278. The molecule has 0 atom stereocenters. The zero-order valence-electron chi connectivity index (χ0n) is 10.3. The summed E-state index contributed by atoms with van der Waals surface area (Å²) in [5, 5.41) is 8.89. The third-order valence-corrected chi connectivity index (χ3v) is 3.65. The molecular weight excluding hydrogens is 276 g/mol. The smallest absolute Gasteiger partial charge is 0.354 e. The van der Waals surface area contributed by atoms with E-state index in [1.54, 1.807) is 18.3 Å². The Hall–Kier alpha value is -2.41. The van der Waals surface area contributed by atoms with Gasteiger partial charge in [0.15, 0.2) is 0 Å². The number of hydrogen-bond donors (Lipinski definition) is 1. The lowest BCUT2D eigenvalue weighted by Crippen LogP contribution is -1.99. The van der Waals surface area contributed by atoms with Crippen LogP contribution in [0.4, 0.5) is 0 Å². The van der Waals surface area contributed by atoms with Gasteiger partial charge in [-0.05, 0) is 18.2 Å². The van der Waals surface area contributed by atoms with Crippen molar-refractivity contribution in [3.63, 3.8) is 0 Å². The van der Waals surface area contributed by atoms with E-state index in [-0.39, 0.29) is 5.69 Å². The largest absolute Gasteiger partial charge is 0.477 e. The van der Waals surface area contributed by atoms with Gasteiger partial charge in [-0.1, -0.05) is 0 Å². The van der Waals surface area contributed by atoms with Crippen LogP contribution in [0, 0.1) is 0 Å². The first-order chi connectivity index (χ1) is 9.72. The molecule has 7 heteroatoms. The molecule has 0 aromatic carbocycles. The number of pyridine rings is 1. The molecule has 0 saturated heterocycles. The highest BCUT2D eigenvalue weighted by atomic mass is 32.2. The minimum atomic E-state index is -1.02. The van der Waals surface area contributed by atoms with Gasteiger partial charge in [0.25, 0.3) is 0 Å². The topological polar surface area (TPSA) is 80.4 Å². The van der Waals surface area contributed by atoms with Gasteiger partial charge < -0.3 is 5.11 Å². The normalized spacial score (nSPS) is 10.8. The van der Waals surface area contributed by atoms with E-state index in [0.29, 0.717) is 11.5 Å². The molecule has 0 amide bonds. The Morgan fingerprint density at radius 2 is 2.25 bits per heavy atom. The van der Waals surface area contributed by atoms with Crippen LogP contribution in [0.1, 0.15) is 16.2 Å². The van der Waals surface area contributed by atoms with Gasteiger partial charge in [-0.2, -0.15) is 0 Å². The number of nitrogens with zero attached hydrogens (tertiary/aromatic N) is 4. The fourth-order valence-electron chi connectivity index (χ4n) is 1.72. The average Bonchev–Trinajstić information content (AvgIpc) is 2.88. The second kappa shape index (κ2) is 5.30. The van der Waals surface area contributed by atoms with Crippen molar-refractivity contribution >= 4 is 23.5 Å². The van der Waals surface area contributed by atoms with Crippen LogP contribution in [0.5, 0.6) is 0 Å². The molecule has 0 unspecified atom stereocenters. The van der Waals surface area contributed by atoms with E-state index in [4.69, 9.17) is 5.11 Å². The maximum atomic E-state index is 10.8. The van der Waals surface area contributed by atoms with E-state index in [1.807, 2.05) is 22.9 Å².